The second-order valence-electron chi connectivity index (χ2n) is 5.89. The van der Waals surface area contributed by atoms with Crippen molar-refractivity contribution in [3.05, 3.63) is 35.9 Å². The van der Waals surface area contributed by atoms with E-state index in [1.54, 1.807) is 31.0 Å². The highest BCUT2D eigenvalue weighted by Gasteiger charge is 2.23. The topological polar surface area (TPSA) is 103 Å². The lowest BCUT2D eigenvalue weighted by atomic mass is 10.1. The van der Waals surface area contributed by atoms with E-state index in [0.717, 1.165) is 16.9 Å². The summed E-state index contributed by atoms with van der Waals surface area (Å²) in [5.74, 6) is 0.982. The van der Waals surface area contributed by atoms with Gasteiger partial charge in [-0.15, -0.1) is 0 Å². The third-order valence-corrected chi connectivity index (χ3v) is 4.43. The van der Waals surface area contributed by atoms with Crippen molar-refractivity contribution in [2.24, 2.45) is 0 Å². The summed E-state index contributed by atoms with van der Waals surface area (Å²) in [5.41, 5.74) is 1.58. The SMILES string of the molecule is COc1cc(OC)c2ncnc(N3CCn4nc(C(=O)O)cc4C3)c2c1. The van der Waals surface area contributed by atoms with Crippen molar-refractivity contribution in [3.8, 4) is 11.5 Å². The average molecular weight is 355 g/mol. The van der Waals surface area contributed by atoms with Crippen molar-refractivity contribution in [3.63, 3.8) is 0 Å². The first kappa shape index (κ1) is 16.1. The number of aromatic nitrogens is 4. The Balaban J connectivity index is 1.78. The Morgan fingerprint density at radius 3 is 2.73 bits per heavy atom. The molecule has 0 spiro atoms. The molecule has 1 aromatic carbocycles. The fraction of sp³-hybridized carbons (Fsp3) is 0.294. The first-order chi connectivity index (χ1) is 12.6. The number of nitrogens with zero attached hydrogens (tertiary/aromatic N) is 5. The van der Waals surface area contributed by atoms with E-state index in [1.807, 2.05) is 6.07 Å². The van der Waals surface area contributed by atoms with Gasteiger partial charge in [-0.05, 0) is 12.1 Å². The minimum atomic E-state index is -1.03. The molecule has 1 aliphatic rings. The van der Waals surface area contributed by atoms with E-state index in [-0.39, 0.29) is 5.69 Å². The standard InChI is InChI=1S/C17H17N5O4/c1-25-11-6-12-15(14(7-11)26-2)18-9-19-16(12)21-3-4-22-10(8-21)5-13(20-22)17(23)24/h5-7,9H,3-4,8H2,1-2H3,(H,23,24). The van der Waals surface area contributed by atoms with Gasteiger partial charge >= 0.3 is 5.97 Å². The molecule has 0 amide bonds. The van der Waals surface area contributed by atoms with Crippen LogP contribution in [0.15, 0.2) is 24.5 Å². The molecule has 1 N–H and O–H groups in total. The zero-order chi connectivity index (χ0) is 18.3. The van der Waals surface area contributed by atoms with Gasteiger partial charge in [0.15, 0.2) is 5.69 Å². The highest BCUT2D eigenvalue weighted by atomic mass is 16.5. The second-order valence-corrected chi connectivity index (χ2v) is 5.89. The van der Waals surface area contributed by atoms with Crippen LogP contribution < -0.4 is 14.4 Å². The van der Waals surface area contributed by atoms with Gasteiger partial charge in [0.05, 0.1) is 38.4 Å². The minimum Gasteiger partial charge on any atom is -0.497 e. The van der Waals surface area contributed by atoms with E-state index >= 15 is 0 Å². The Morgan fingerprint density at radius 2 is 2.00 bits per heavy atom. The van der Waals surface area contributed by atoms with Gasteiger partial charge in [0.1, 0.15) is 29.2 Å². The molecule has 3 aromatic rings. The van der Waals surface area contributed by atoms with E-state index in [2.05, 4.69) is 20.0 Å². The normalized spacial score (nSPS) is 13.5. The van der Waals surface area contributed by atoms with Gasteiger partial charge < -0.3 is 19.5 Å². The zero-order valence-corrected chi connectivity index (χ0v) is 14.3. The number of benzene rings is 1. The quantitative estimate of drug-likeness (QED) is 0.752. The predicted molar refractivity (Wildman–Crippen MR) is 92.9 cm³/mol. The van der Waals surface area contributed by atoms with Crippen molar-refractivity contribution in [1.29, 1.82) is 0 Å². The Kier molecular flexibility index (Phi) is 3.83. The Morgan fingerprint density at radius 1 is 1.15 bits per heavy atom. The highest BCUT2D eigenvalue weighted by Crippen LogP contribution is 2.35. The summed E-state index contributed by atoms with van der Waals surface area (Å²) < 4.78 is 12.5. The fourth-order valence-corrected chi connectivity index (χ4v) is 3.17. The van der Waals surface area contributed by atoms with Crippen LogP contribution in [-0.2, 0) is 13.1 Å². The number of carboxylic acid groups (broad SMARTS) is 1. The Labute approximate surface area is 148 Å². The number of aromatic carboxylic acids is 1. The van der Waals surface area contributed by atoms with Crippen molar-refractivity contribution < 1.29 is 19.4 Å². The first-order valence-electron chi connectivity index (χ1n) is 8.02. The largest absolute Gasteiger partial charge is 0.497 e. The molecule has 0 aliphatic carbocycles. The van der Waals surface area contributed by atoms with Crippen LogP contribution in [0.3, 0.4) is 0 Å². The summed E-state index contributed by atoms with van der Waals surface area (Å²) in [6.07, 6.45) is 1.50. The monoisotopic (exact) mass is 355 g/mol. The molecular weight excluding hydrogens is 338 g/mol. The molecule has 0 saturated carbocycles. The molecule has 0 bridgehead atoms. The van der Waals surface area contributed by atoms with E-state index in [4.69, 9.17) is 14.6 Å². The third-order valence-electron chi connectivity index (χ3n) is 4.43. The second kappa shape index (κ2) is 6.17. The van der Waals surface area contributed by atoms with Crippen molar-refractivity contribution in [2.75, 3.05) is 25.7 Å². The number of fused-ring (bicyclic) bond motifs is 2. The lowest BCUT2D eigenvalue weighted by Gasteiger charge is -2.29. The van der Waals surface area contributed by atoms with Crippen LogP contribution in [0.4, 0.5) is 5.82 Å². The summed E-state index contributed by atoms with van der Waals surface area (Å²) in [6.45, 7) is 1.74. The molecule has 134 valence electrons. The van der Waals surface area contributed by atoms with E-state index < -0.39 is 5.97 Å². The van der Waals surface area contributed by atoms with Crippen LogP contribution in [0.5, 0.6) is 11.5 Å². The molecule has 2 aromatic heterocycles. The van der Waals surface area contributed by atoms with Crippen LogP contribution in [-0.4, -0.2) is 51.6 Å². The lowest BCUT2D eigenvalue weighted by Crippen LogP contribution is -2.34. The van der Waals surface area contributed by atoms with E-state index in [1.165, 1.54) is 6.33 Å². The molecule has 0 radical (unpaired) electrons. The van der Waals surface area contributed by atoms with Crippen molar-refractivity contribution in [2.45, 2.75) is 13.1 Å². The molecule has 1 aliphatic heterocycles. The van der Waals surface area contributed by atoms with Gasteiger partial charge in [-0.3, -0.25) is 4.68 Å². The van der Waals surface area contributed by atoms with Gasteiger partial charge in [-0.1, -0.05) is 0 Å². The van der Waals surface area contributed by atoms with Crippen LogP contribution in [0.2, 0.25) is 0 Å². The van der Waals surface area contributed by atoms with Gasteiger partial charge in [-0.2, -0.15) is 5.10 Å². The molecule has 0 saturated heterocycles. The van der Waals surface area contributed by atoms with Gasteiger partial charge in [-0.25, -0.2) is 14.8 Å². The number of ether oxygens (including phenoxy) is 2. The molecule has 9 heteroatoms. The number of carbonyl (C=O) groups is 1. The minimum absolute atomic E-state index is 0.0535. The van der Waals surface area contributed by atoms with Gasteiger partial charge in [0.2, 0.25) is 0 Å². The molecular formula is C17H17N5O4. The Bertz CT molecular complexity index is 1000. The highest BCUT2D eigenvalue weighted by molar-refractivity contribution is 5.94. The molecule has 4 rings (SSSR count). The Hall–Kier alpha value is -3.36. The summed E-state index contributed by atoms with van der Waals surface area (Å²) >= 11 is 0. The summed E-state index contributed by atoms with van der Waals surface area (Å²) in [5, 5.41) is 14.1. The van der Waals surface area contributed by atoms with Gasteiger partial charge in [0.25, 0.3) is 0 Å². The molecule has 26 heavy (non-hydrogen) atoms. The fourth-order valence-electron chi connectivity index (χ4n) is 3.17. The average Bonchev–Trinajstić information content (AvgIpc) is 3.10. The number of hydrogen-bond donors (Lipinski definition) is 1. The molecule has 9 nitrogen and oxygen atoms in total. The van der Waals surface area contributed by atoms with Gasteiger partial charge in [0, 0.05) is 12.6 Å². The predicted octanol–water partition coefficient (Wildman–Crippen LogP) is 1.56. The number of carboxylic acids is 1. The molecule has 0 unspecified atom stereocenters. The first-order valence-corrected chi connectivity index (χ1v) is 8.02. The number of methoxy groups -OCH3 is 2. The van der Waals surface area contributed by atoms with E-state index in [9.17, 15) is 4.79 Å². The summed E-state index contributed by atoms with van der Waals surface area (Å²) in [6, 6.07) is 5.25. The summed E-state index contributed by atoms with van der Waals surface area (Å²) in [7, 11) is 3.18. The zero-order valence-electron chi connectivity index (χ0n) is 14.3. The van der Waals surface area contributed by atoms with Crippen LogP contribution in [0, 0.1) is 0 Å². The molecule has 3 heterocycles. The lowest BCUT2D eigenvalue weighted by molar-refractivity contribution is 0.0689. The van der Waals surface area contributed by atoms with Crippen LogP contribution in [0.25, 0.3) is 10.9 Å². The number of anilines is 1. The van der Waals surface area contributed by atoms with Crippen LogP contribution in [0.1, 0.15) is 16.2 Å². The molecule has 0 fully saturated rings. The maximum absolute atomic E-state index is 11.1. The van der Waals surface area contributed by atoms with E-state index in [0.29, 0.717) is 36.6 Å². The smallest absolute Gasteiger partial charge is 0.356 e. The summed E-state index contributed by atoms with van der Waals surface area (Å²) in [4.78, 5) is 22.0. The number of hydrogen-bond acceptors (Lipinski definition) is 7. The maximum atomic E-state index is 11.1. The number of rotatable bonds is 4. The molecule has 0 atom stereocenters. The third kappa shape index (κ3) is 2.57. The van der Waals surface area contributed by atoms with Crippen molar-refractivity contribution >= 4 is 22.7 Å². The van der Waals surface area contributed by atoms with Crippen molar-refractivity contribution in [1.82, 2.24) is 19.7 Å². The van der Waals surface area contributed by atoms with Crippen LogP contribution >= 0.6 is 0 Å². The maximum Gasteiger partial charge on any atom is 0.356 e.